The fourth-order valence-corrected chi connectivity index (χ4v) is 2.97. The number of carbonyl (C=O) groups excluding carboxylic acids is 2. The predicted molar refractivity (Wildman–Crippen MR) is 93.3 cm³/mol. The summed E-state index contributed by atoms with van der Waals surface area (Å²) in [5, 5.41) is 2.95. The minimum absolute atomic E-state index is 0.0281. The first-order valence-corrected chi connectivity index (χ1v) is 9.05. The Morgan fingerprint density at radius 3 is 2.65 bits per heavy atom. The molecule has 126 valence electrons. The summed E-state index contributed by atoms with van der Waals surface area (Å²) in [6.07, 6.45) is 2.36. The van der Waals surface area contributed by atoms with Gasteiger partial charge in [-0.05, 0) is 38.0 Å². The van der Waals surface area contributed by atoms with Crippen LogP contribution in [0.2, 0.25) is 0 Å². The molecule has 1 heterocycles. The highest BCUT2D eigenvalue weighted by Gasteiger charge is 2.33. The Morgan fingerprint density at radius 1 is 1.35 bits per heavy atom. The van der Waals surface area contributed by atoms with Crippen LogP contribution < -0.4 is 5.32 Å². The number of nitrogens with one attached hydrogen (secondary N) is 1. The first-order valence-electron chi connectivity index (χ1n) is 7.82. The van der Waals surface area contributed by atoms with E-state index in [0.717, 1.165) is 12.1 Å². The highest BCUT2D eigenvalue weighted by molar-refractivity contribution is 7.98. The summed E-state index contributed by atoms with van der Waals surface area (Å²) in [4.78, 5) is 29.3. The van der Waals surface area contributed by atoms with Crippen LogP contribution >= 0.6 is 11.8 Å². The molecule has 2 amide bonds. The number of likely N-dealkylation sites (tertiary alicyclic amines) is 1. The molecule has 1 atom stereocenters. The van der Waals surface area contributed by atoms with Gasteiger partial charge < -0.3 is 15.1 Å². The molecular weight excluding hydrogens is 310 g/mol. The molecule has 1 aliphatic rings. The van der Waals surface area contributed by atoms with Crippen LogP contribution in [0.25, 0.3) is 0 Å². The molecule has 1 N–H and O–H groups in total. The molecule has 5 nitrogen and oxygen atoms in total. The quantitative estimate of drug-likeness (QED) is 0.766. The van der Waals surface area contributed by atoms with Gasteiger partial charge in [0.15, 0.2) is 0 Å². The third-order valence-corrected chi connectivity index (χ3v) is 4.77. The molecule has 2 rings (SSSR count). The molecule has 0 unspecified atom stereocenters. The van der Waals surface area contributed by atoms with Crippen LogP contribution in [0, 0.1) is 5.92 Å². The summed E-state index contributed by atoms with van der Waals surface area (Å²) in [5.74, 6) is -0.175. The first-order chi connectivity index (χ1) is 11.0. The van der Waals surface area contributed by atoms with Crippen LogP contribution in [0.5, 0.6) is 0 Å². The van der Waals surface area contributed by atoms with Gasteiger partial charge in [0.1, 0.15) is 0 Å². The fraction of sp³-hybridized carbons (Fsp3) is 0.529. The van der Waals surface area contributed by atoms with Crippen LogP contribution in [0.3, 0.4) is 0 Å². The molecule has 1 fully saturated rings. The summed E-state index contributed by atoms with van der Waals surface area (Å²) in [6.45, 7) is 2.55. The van der Waals surface area contributed by atoms with E-state index in [1.807, 2.05) is 49.5 Å². The molecule has 0 bridgehead atoms. The summed E-state index contributed by atoms with van der Waals surface area (Å²) in [5.41, 5.74) is 1.07. The third-order valence-electron chi connectivity index (χ3n) is 4.03. The van der Waals surface area contributed by atoms with Gasteiger partial charge in [0.2, 0.25) is 11.8 Å². The number of likely N-dealkylation sites (N-methyl/N-ethyl adjacent to an activating group) is 1. The van der Waals surface area contributed by atoms with Gasteiger partial charge in [-0.1, -0.05) is 12.1 Å². The summed E-state index contributed by atoms with van der Waals surface area (Å²) >= 11 is 1.70. The highest BCUT2D eigenvalue weighted by Crippen LogP contribution is 2.18. The predicted octanol–water partition coefficient (Wildman–Crippen LogP) is 1.43. The molecular formula is C17H25N3O2S. The maximum Gasteiger partial charge on any atom is 0.225 e. The zero-order chi connectivity index (χ0) is 16.8. The topological polar surface area (TPSA) is 52.7 Å². The van der Waals surface area contributed by atoms with Crippen LogP contribution in [0.15, 0.2) is 29.2 Å². The average Bonchev–Trinajstić information content (AvgIpc) is 2.92. The third kappa shape index (κ3) is 5.25. The maximum absolute atomic E-state index is 12.3. The molecule has 0 spiro atoms. The second-order valence-corrected chi connectivity index (χ2v) is 6.99. The standard InChI is InChI=1S/C17H25N3O2S/c1-19(2)8-9-20-12-14(10-16(20)21)17(22)18-11-13-4-6-15(23-3)7-5-13/h4-7,14H,8-12H2,1-3H3,(H,18,22)/t14-/m0/s1. The van der Waals surface area contributed by atoms with Crippen LogP contribution in [-0.2, 0) is 16.1 Å². The van der Waals surface area contributed by atoms with Gasteiger partial charge in [0.25, 0.3) is 0 Å². The number of carbonyl (C=O) groups is 2. The van der Waals surface area contributed by atoms with Crippen LogP contribution in [0.4, 0.5) is 0 Å². The number of nitrogens with zero attached hydrogens (tertiary/aromatic N) is 2. The minimum atomic E-state index is -0.227. The second-order valence-electron chi connectivity index (χ2n) is 6.11. The van der Waals surface area contributed by atoms with Gasteiger partial charge >= 0.3 is 0 Å². The van der Waals surface area contributed by atoms with Crippen molar-refractivity contribution in [3.8, 4) is 0 Å². The molecule has 0 saturated carbocycles. The maximum atomic E-state index is 12.3. The van der Waals surface area contributed by atoms with Crippen molar-refractivity contribution >= 4 is 23.6 Å². The zero-order valence-corrected chi connectivity index (χ0v) is 14.9. The molecule has 0 radical (unpaired) electrons. The molecule has 1 saturated heterocycles. The van der Waals surface area contributed by atoms with E-state index in [-0.39, 0.29) is 17.7 Å². The van der Waals surface area contributed by atoms with Crippen molar-refractivity contribution in [1.29, 1.82) is 0 Å². The number of hydrogen-bond acceptors (Lipinski definition) is 4. The van der Waals surface area contributed by atoms with Crippen molar-refractivity contribution in [3.63, 3.8) is 0 Å². The van der Waals surface area contributed by atoms with Crippen LogP contribution in [-0.4, -0.2) is 61.6 Å². The normalized spacial score (nSPS) is 17.8. The first kappa shape index (κ1) is 17.8. The lowest BCUT2D eigenvalue weighted by Crippen LogP contribution is -2.35. The SMILES string of the molecule is CSc1ccc(CNC(=O)[C@H]2CC(=O)N(CCN(C)C)C2)cc1. The average molecular weight is 335 g/mol. The van der Waals surface area contributed by atoms with E-state index >= 15 is 0 Å². The number of thioether (sulfide) groups is 1. The van der Waals surface area contributed by atoms with E-state index in [1.165, 1.54) is 4.90 Å². The number of amides is 2. The summed E-state index contributed by atoms with van der Waals surface area (Å²) in [6, 6.07) is 8.15. The van der Waals surface area contributed by atoms with E-state index in [2.05, 4.69) is 5.32 Å². The lowest BCUT2D eigenvalue weighted by atomic mass is 10.1. The largest absolute Gasteiger partial charge is 0.352 e. The summed E-state index contributed by atoms with van der Waals surface area (Å²) in [7, 11) is 3.96. The molecule has 1 aromatic rings. The van der Waals surface area contributed by atoms with Crippen molar-refractivity contribution in [2.24, 2.45) is 5.92 Å². The second kappa shape index (κ2) is 8.36. The molecule has 0 aromatic heterocycles. The Bertz CT molecular complexity index is 545. The summed E-state index contributed by atoms with van der Waals surface area (Å²) < 4.78 is 0. The van der Waals surface area contributed by atoms with Gasteiger partial charge in [-0.3, -0.25) is 9.59 Å². The smallest absolute Gasteiger partial charge is 0.225 e. The van der Waals surface area contributed by atoms with Crippen molar-refractivity contribution in [3.05, 3.63) is 29.8 Å². The lowest BCUT2D eigenvalue weighted by molar-refractivity contribution is -0.129. The number of hydrogen-bond donors (Lipinski definition) is 1. The van der Waals surface area contributed by atoms with Crippen LogP contribution in [0.1, 0.15) is 12.0 Å². The van der Waals surface area contributed by atoms with E-state index < -0.39 is 0 Å². The van der Waals surface area contributed by atoms with E-state index in [0.29, 0.717) is 26.1 Å². The van der Waals surface area contributed by atoms with E-state index in [1.54, 1.807) is 16.7 Å². The van der Waals surface area contributed by atoms with Crippen molar-refractivity contribution in [2.75, 3.05) is 40.0 Å². The molecule has 1 aromatic carbocycles. The van der Waals surface area contributed by atoms with Crippen molar-refractivity contribution in [2.45, 2.75) is 17.9 Å². The van der Waals surface area contributed by atoms with Crippen molar-refractivity contribution in [1.82, 2.24) is 15.1 Å². The molecule has 0 aliphatic carbocycles. The Hall–Kier alpha value is -1.53. The Morgan fingerprint density at radius 2 is 2.04 bits per heavy atom. The molecule has 1 aliphatic heterocycles. The Labute approximate surface area is 142 Å². The highest BCUT2D eigenvalue weighted by atomic mass is 32.2. The van der Waals surface area contributed by atoms with Crippen molar-refractivity contribution < 1.29 is 9.59 Å². The Balaban J connectivity index is 1.80. The zero-order valence-electron chi connectivity index (χ0n) is 14.0. The molecule has 6 heteroatoms. The molecule has 23 heavy (non-hydrogen) atoms. The fourth-order valence-electron chi connectivity index (χ4n) is 2.56. The number of rotatable bonds is 7. The Kier molecular flexibility index (Phi) is 6.47. The van der Waals surface area contributed by atoms with Gasteiger partial charge in [0, 0.05) is 37.5 Å². The van der Waals surface area contributed by atoms with E-state index in [9.17, 15) is 9.59 Å². The van der Waals surface area contributed by atoms with Gasteiger partial charge in [0.05, 0.1) is 5.92 Å². The van der Waals surface area contributed by atoms with E-state index in [4.69, 9.17) is 0 Å². The monoisotopic (exact) mass is 335 g/mol. The van der Waals surface area contributed by atoms with Gasteiger partial charge in [-0.2, -0.15) is 0 Å². The minimum Gasteiger partial charge on any atom is -0.352 e. The van der Waals surface area contributed by atoms with Gasteiger partial charge in [-0.15, -0.1) is 11.8 Å². The van der Waals surface area contributed by atoms with Gasteiger partial charge in [-0.25, -0.2) is 0 Å². The lowest BCUT2D eigenvalue weighted by Gasteiger charge is -2.19. The number of benzene rings is 1.